The average Bonchev–Trinajstić information content (AvgIpc) is 2.85. The summed E-state index contributed by atoms with van der Waals surface area (Å²) in [7, 11) is 0. The zero-order chi connectivity index (χ0) is 17.6. The van der Waals surface area contributed by atoms with Gasteiger partial charge in [-0.2, -0.15) is 0 Å². The monoisotopic (exact) mass is 324 g/mol. The summed E-state index contributed by atoms with van der Waals surface area (Å²) in [6.45, 7) is 6.40. The molecule has 1 heterocycles. The molecular formula is C14H20N4O5. The molecule has 1 unspecified atom stereocenters. The molecule has 9 nitrogen and oxygen atoms in total. The van der Waals surface area contributed by atoms with E-state index in [2.05, 4.69) is 15.6 Å². The van der Waals surface area contributed by atoms with E-state index in [1.54, 1.807) is 20.8 Å². The molecule has 0 aliphatic carbocycles. The molecule has 0 radical (unpaired) electrons. The Morgan fingerprint density at radius 2 is 2.22 bits per heavy atom. The molecule has 2 N–H and O–H groups in total. The molecule has 126 valence electrons. The first kappa shape index (κ1) is 18.3. The first-order valence-corrected chi connectivity index (χ1v) is 7.07. The molecule has 23 heavy (non-hydrogen) atoms. The van der Waals surface area contributed by atoms with Crippen molar-refractivity contribution in [1.82, 2.24) is 10.5 Å². The molecule has 0 saturated carbocycles. The molecule has 0 fully saturated rings. The highest BCUT2D eigenvalue weighted by Crippen LogP contribution is 2.12. The predicted octanol–water partition coefficient (Wildman–Crippen LogP) is 1.85. The number of nitrogens with one attached hydrogen (secondary N) is 1. The molecule has 0 aliphatic rings. The second-order valence-electron chi connectivity index (χ2n) is 5.01. The summed E-state index contributed by atoms with van der Waals surface area (Å²) in [5.74, 6) is -0.0366. The van der Waals surface area contributed by atoms with Crippen molar-refractivity contribution in [2.75, 3.05) is 6.54 Å². The summed E-state index contributed by atoms with van der Waals surface area (Å²) in [6, 6.07) is -0.894. The van der Waals surface area contributed by atoms with E-state index in [1.807, 2.05) is 0 Å². The first-order chi connectivity index (χ1) is 10.8. The Morgan fingerprint density at radius 1 is 1.57 bits per heavy atom. The highest BCUT2D eigenvalue weighted by Gasteiger charge is 2.20. The predicted molar refractivity (Wildman–Crippen MR) is 82.4 cm³/mol. The van der Waals surface area contributed by atoms with E-state index >= 15 is 0 Å². The summed E-state index contributed by atoms with van der Waals surface area (Å²) < 4.78 is 4.91. The maximum Gasteiger partial charge on any atom is 0.257 e. The van der Waals surface area contributed by atoms with Crippen LogP contribution in [0.15, 0.2) is 21.3 Å². The number of aromatic nitrogens is 1. The molecular weight excluding hydrogens is 304 g/mol. The number of hydrogen-bond acceptors (Lipinski definition) is 7. The van der Waals surface area contributed by atoms with E-state index in [-0.39, 0.29) is 12.3 Å². The van der Waals surface area contributed by atoms with Gasteiger partial charge in [0, 0.05) is 17.4 Å². The van der Waals surface area contributed by atoms with Crippen LogP contribution in [-0.2, 0) is 0 Å². The Hall–Kier alpha value is -2.71. The molecule has 0 aliphatic heterocycles. The lowest BCUT2D eigenvalue weighted by Gasteiger charge is -2.08. The maximum absolute atomic E-state index is 12.1. The molecule has 0 spiro atoms. The largest absolute Gasteiger partial charge is 0.411 e. The molecule has 1 rings (SSSR count). The SMILES string of the molecule is CCC(=CC(CNC(=O)c1c(C)noc1C)=NO)C(C)[N+](=O)[O-]. The fourth-order valence-corrected chi connectivity index (χ4v) is 2.05. The van der Waals surface area contributed by atoms with Crippen LogP contribution < -0.4 is 5.32 Å². The average molecular weight is 324 g/mol. The van der Waals surface area contributed by atoms with Gasteiger partial charge in [0.05, 0.1) is 18.0 Å². The summed E-state index contributed by atoms with van der Waals surface area (Å²) in [5, 5.41) is 29.2. The zero-order valence-electron chi connectivity index (χ0n) is 13.5. The van der Waals surface area contributed by atoms with E-state index in [0.717, 1.165) is 0 Å². The lowest BCUT2D eigenvalue weighted by molar-refractivity contribution is -0.507. The second kappa shape index (κ2) is 8.06. The van der Waals surface area contributed by atoms with E-state index in [9.17, 15) is 14.9 Å². The van der Waals surface area contributed by atoms with Gasteiger partial charge in [0.1, 0.15) is 11.3 Å². The van der Waals surface area contributed by atoms with Gasteiger partial charge in [-0.25, -0.2) is 0 Å². The number of oxime groups is 1. The molecule has 0 bridgehead atoms. The molecule has 1 atom stereocenters. The molecule has 1 aromatic heterocycles. The van der Waals surface area contributed by atoms with E-state index in [0.29, 0.717) is 29.0 Å². The molecule has 9 heteroatoms. The fourth-order valence-electron chi connectivity index (χ4n) is 2.05. The Morgan fingerprint density at radius 3 is 2.65 bits per heavy atom. The van der Waals surface area contributed by atoms with Crippen molar-refractivity contribution in [3.8, 4) is 0 Å². The minimum absolute atomic E-state index is 0.0761. The van der Waals surface area contributed by atoms with Gasteiger partial charge in [-0.3, -0.25) is 14.9 Å². The van der Waals surface area contributed by atoms with Gasteiger partial charge in [0.2, 0.25) is 6.04 Å². The first-order valence-electron chi connectivity index (χ1n) is 7.07. The summed E-state index contributed by atoms with van der Waals surface area (Å²) in [4.78, 5) is 22.5. The van der Waals surface area contributed by atoms with Gasteiger partial charge < -0.3 is 15.0 Å². The van der Waals surface area contributed by atoms with Crippen LogP contribution in [0.25, 0.3) is 0 Å². The maximum atomic E-state index is 12.1. The Bertz CT molecular complexity index is 628. The van der Waals surface area contributed by atoms with Crippen LogP contribution in [0.2, 0.25) is 0 Å². The number of nitro groups is 1. The standard InChI is InChI=1S/C14H20N4O5/c1-5-11(9(3)18(21)22)6-12(16-20)7-15-14(19)13-8(2)17-23-10(13)4/h6,9,20H,5,7H2,1-4H3,(H,15,19). The summed E-state index contributed by atoms with van der Waals surface area (Å²) in [5.41, 5.74) is 1.39. The van der Waals surface area contributed by atoms with Crippen LogP contribution in [0.4, 0.5) is 0 Å². The fraction of sp³-hybridized carbons (Fsp3) is 0.500. The van der Waals surface area contributed by atoms with Crippen LogP contribution in [0, 0.1) is 24.0 Å². The smallest absolute Gasteiger partial charge is 0.257 e. The third kappa shape index (κ3) is 4.63. The third-order valence-corrected chi connectivity index (χ3v) is 3.43. The minimum Gasteiger partial charge on any atom is -0.411 e. The number of aryl methyl sites for hydroxylation is 2. The van der Waals surface area contributed by atoms with Gasteiger partial charge in [-0.05, 0) is 26.3 Å². The number of carbonyl (C=O) groups is 1. The second-order valence-corrected chi connectivity index (χ2v) is 5.01. The van der Waals surface area contributed by atoms with Gasteiger partial charge in [0.15, 0.2) is 0 Å². The van der Waals surface area contributed by atoms with Crippen molar-refractivity contribution in [2.45, 2.75) is 40.2 Å². The number of hydrogen-bond donors (Lipinski definition) is 2. The van der Waals surface area contributed by atoms with Crippen LogP contribution in [-0.4, -0.2) is 39.5 Å². The Kier molecular flexibility index (Phi) is 6.43. The molecule has 0 aromatic carbocycles. The van der Waals surface area contributed by atoms with Crippen molar-refractivity contribution >= 4 is 11.6 Å². The summed E-state index contributed by atoms with van der Waals surface area (Å²) in [6.07, 6.45) is 1.85. The van der Waals surface area contributed by atoms with Crippen LogP contribution in [0.1, 0.15) is 42.1 Å². The number of carbonyl (C=O) groups excluding carboxylic acids is 1. The Balaban J connectivity index is 2.82. The van der Waals surface area contributed by atoms with E-state index in [1.165, 1.54) is 13.0 Å². The molecule has 0 saturated heterocycles. The topological polar surface area (TPSA) is 131 Å². The number of nitrogens with zero attached hydrogens (tertiary/aromatic N) is 3. The van der Waals surface area contributed by atoms with Crippen LogP contribution in [0.3, 0.4) is 0 Å². The highest BCUT2D eigenvalue weighted by atomic mass is 16.6. The Labute approximate surface area is 133 Å². The summed E-state index contributed by atoms with van der Waals surface area (Å²) >= 11 is 0. The van der Waals surface area contributed by atoms with Gasteiger partial charge in [-0.15, -0.1) is 0 Å². The van der Waals surface area contributed by atoms with Crippen LogP contribution in [0.5, 0.6) is 0 Å². The van der Waals surface area contributed by atoms with Crippen molar-refractivity contribution in [3.63, 3.8) is 0 Å². The lowest BCUT2D eigenvalue weighted by Crippen LogP contribution is -2.30. The number of rotatable bonds is 7. The van der Waals surface area contributed by atoms with E-state index < -0.39 is 16.9 Å². The van der Waals surface area contributed by atoms with Crippen molar-refractivity contribution in [3.05, 3.63) is 38.8 Å². The van der Waals surface area contributed by atoms with Crippen molar-refractivity contribution < 1.29 is 19.4 Å². The van der Waals surface area contributed by atoms with E-state index in [4.69, 9.17) is 9.73 Å². The van der Waals surface area contributed by atoms with Crippen molar-refractivity contribution in [1.29, 1.82) is 0 Å². The van der Waals surface area contributed by atoms with Gasteiger partial charge >= 0.3 is 0 Å². The highest BCUT2D eigenvalue weighted by molar-refractivity contribution is 6.02. The number of amides is 1. The normalized spacial score (nSPS) is 13.7. The van der Waals surface area contributed by atoms with Crippen molar-refractivity contribution in [2.24, 2.45) is 5.16 Å². The lowest BCUT2D eigenvalue weighted by atomic mass is 10.0. The molecule has 1 aromatic rings. The van der Waals surface area contributed by atoms with Gasteiger partial charge in [0.25, 0.3) is 5.91 Å². The quantitative estimate of drug-likeness (QED) is 0.340. The molecule has 1 amide bonds. The minimum atomic E-state index is -0.894. The zero-order valence-corrected chi connectivity index (χ0v) is 13.5. The third-order valence-electron chi connectivity index (χ3n) is 3.43. The van der Waals surface area contributed by atoms with Gasteiger partial charge in [-0.1, -0.05) is 17.2 Å². The van der Waals surface area contributed by atoms with Crippen LogP contribution >= 0.6 is 0 Å².